The Balaban J connectivity index is 1.97. The summed E-state index contributed by atoms with van der Waals surface area (Å²) in [4.78, 5) is 24.4. The van der Waals surface area contributed by atoms with Crippen LogP contribution in [0.25, 0.3) is 0 Å². The zero-order chi connectivity index (χ0) is 18.4. The fraction of sp³-hybridized carbons (Fsp3) is 0.250. The lowest BCUT2D eigenvalue weighted by Gasteiger charge is -2.08. The van der Waals surface area contributed by atoms with Crippen molar-refractivity contribution in [3.05, 3.63) is 46.8 Å². The topological polar surface area (TPSA) is 102 Å². The molecular formula is C16H18N2O5S2. The first kappa shape index (κ1) is 19.1. The molecule has 0 saturated heterocycles. The molecule has 0 atom stereocenters. The molecule has 2 rings (SSSR count). The van der Waals surface area contributed by atoms with E-state index in [4.69, 9.17) is 0 Å². The number of methoxy groups -OCH3 is 1. The predicted molar refractivity (Wildman–Crippen MR) is 95.3 cm³/mol. The average Bonchev–Trinajstić information content (AvgIpc) is 3.10. The van der Waals surface area contributed by atoms with E-state index in [2.05, 4.69) is 14.8 Å². The number of benzene rings is 1. The van der Waals surface area contributed by atoms with Crippen molar-refractivity contribution < 1.29 is 22.7 Å². The van der Waals surface area contributed by atoms with E-state index in [-0.39, 0.29) is 9.77 Å². The summed E-state index contributed by atoms with van der Waals surface area (Å²) in [5, 5.41) is 2.53. The lowest BCUT2D eigenvalue weighted by Crippen LogP contribution is -2.32. The van der Waals surface area contributed by atoms with Crippen LogP contribution in [0.3, 0.4) is 0 Å². The lowest BCUT2D eigenvalue weighted by molar-refractivity contribution is -0.115. The molecule has 0 spiro atoms. The summed E-state index contributed by atoms with van der Waals surface area (Å²) in [6.07, 6.45) is 0.747. The molecule has 0 unspecified atom stereocenters. The lowest BCUT2D eigenvalue weighted by atomic mass is 10.2. The molecule has 1 amide bonds. The first-order valence-electron chi connectivity index (χ1n) is 7.42. The van der Waals surface area contributed by atoms with Crippen molar-refractivity contribution in [3.63, 3.8) is 0 Å². The minimum absolute atomic E-state index is 0.171. The van der Waals surface area contributed by atoms with Gasteiger partial charge in [0.15, 0.2) is 0 Å². The molecule has 0 saturated carbocycles. The van der Waals surface area contributed by atoms with Crippen molar-refractivity contribution in [2.45, 2.75) is 17.6 Å². The number of amides is 1. The van der Waals surface area contributed by atoms with Crippen LogP contribution in [-0.4, -0.2) is 33.9 Å². The number of sulfonamides is 1. The van der Waals surface area contributed by atoms with Gasteiger partial charge in [0.25, 0.3) is 10.0 Å². The molecule has 9 heteroatoms. The molecule has 0 aliphatic heterocycles. The second-order valence-electron chi connectivity index (χ2n) is 5.02. The van der Waals surface area contributed by atoms with Crippen molar-refractivity contribution >= 4 is 38.9 Å². The third-order valence-electron chi connectivity index (χ3n) is 3.24. The summed E-state index contributed by atoms with van der Waals surface area (Å²) >= 11 is 1.17. The van der Waals surface area contributed by atoms with Gasteiger partial charge in [0.1, 0.15) is 4.21 Å². The largest absolute Gasteiger partial charge is 0.465 e. The molecule has 0 aliphatic carbocycles. The highest BCUT2D eigenvalue weighted by atomic mass is 32.2. The van der Waals surface area contributed by atoms with Gasteiger partial charge in [-0.05, 0) is 36.8 Å². The number of thiophene rings is 1. The number of esters is 1. The van der Waals surface area contributed by atoms with Crippen LogP contribution >= 0.6 is 11.3 Å². The molecule has 1 heterocycles. The third-order valence-corrected chi connectivity index (χ3v) is 6.36. The fourth-order valence-corrected chi connectivity index (χ4v) is 4.29. The molecule has 7 nitrogen and oxygen atoms in total. The first-order chi connectivity index (χ1) is 11.9. The minimum atomic E-state index is -3.73. The summed E-state index contributed by atoms with van der Waals surface area (Å²) in [6.45, 7) is 1.52. The van der Waals surface area contributed by atoms with Crippen molar-refractivity contribution in [2.75, 3.05) is 19.0 Å². The second kappa shape index (κ2) is 8.24. The van der Waals surface area contributed by atoms with E-state index in [1.807, 2.05) is 6.92 Å². The summed E-state index contributed by atoms with van der Waals surface area (Å²) in [6, 6.07) is 9.44. The van der Waals surface area contributed by atoms with Gasteiger partial charge in [-0.15, -0.1) is 11.3 Å². The highest BCUT2D eigenvalue weighted by Crippen LogP contribution is 2.21. The summed E-state index contributed by atoms with van der Waals surface area (Å²) in [5.41, 5.74) is 0.656. The smallest absolute Gasteiger partial charge is 0.337 e. The van der Waals surface area contributed by atoms with Gasteiger partial charge in [-0.3, -0.25) is 4.79 Å². The van der Waals surface area contributed by atoms with Crippen LogP contribution in [0.15, 0.2) is 40.6 Å². The molecule has 2 N–H and O–H groups in total. The van der Waals surface area contributed by atoms with Gasteiger partial charge < -0.3 is 10.1 Å². The number of rotatable bonds is 7. The Labute approximate surface area is 150 Å². The average molecular weight is 382 g/mol. The van der Waals surface area contributed by atoms with E-state index in [0.717, 1.165) is 11.3 Å². The monoisotopic (exact) mass is 382 g/mol. The third kappa shape index (κ3) is 5.12. The van der Waals surface area contributed by atoms with Crippen LogP contribution in [0.5, 0.6) is 0 Å². The molecule has 0 radical (unpaired) electrons. The standard InChI is InChI=1S/C16H18N2O5S2/c1-3-13-7-8-15(24-13)25(21,22)17-10-14(19)18-12-6-4-5-11(9-12)16(20)23-2/h4-9,17H,3,10H2,1-2H3,(H,18,19). The summed E-state index contributed by atoms with van der Waals surface area (Å²) in [7, 11) is -2.47. The molecular weight excluding hydrogens is 364 g/mol. The van der Waals surface area contributed by atoms with Crippen LogP contribution in [0, 0.1) is 0 Å². The van der Waals surface area contributed by atoms with Gasteiger partial charge >= 0.3 is 5.97 Å². The van der Waals surface area contributed by atoms with Crippen LogP contribution in [0.1, 0.15) is 22.2 Å². The molecule has 134 valence electrons. The van der Waals surface area contributed by atoms with E-state index in [1.165, 1.54) is 30.6 Å². The molecule has 0 fully saturated rings. The summed E-state index contributed by atoms with van der Waals surface area (Å²) < 4.78 is 31.4. The Morgan fingerprint density at radius 1 is 1.20 bits per heavy atom. The number of anilines is 1. The molecule has 2 aromatic rings. The number of nitrogens with one attached hydrogen (secondary N) is 2. The van der Waals surface area contributed by atoms with E-state index in [1.54, 1.807) is 24.3 Å². The highest BCUT2D eigenvalue weighted by molar-refractivity contribution is 7.91. The van der Waals surface area contributed by atoms with Crippen molar-refractivity contribution in [3.8, 4) is 0 Å². The number of aryl methyl sites for hydroxylation is 1. The van der Waals surface area contributed by atoms with Gasteiger partial charge in [-0.25, -0.2) is 17.9 Å². The first-order valence-corrected chi connectivity index (χ1v) is 9.72. The van der Waals surface area contributed by atoms with Crippen LogP contribution in [0.2, 0.25) is 0 Å². The Morgan fingerprint density at radius 2 is 1.96 bits per heavy atom. The van der Waals surface area contributed by atoms with Gasteiger partial charge in [0.05, 0.1) is 19.2 Å². The van der Waals surface area contributed by atoms with Crippen LogP contribution < -0.4 is 10.0 Å². The molecule has 25 heavy (non-hydrogen) atoms. The maximum atomic E-state index is 12.2. The van der Waals surface area contributed by atoms with E-state index >= 15 is 0 Å². The maximum absolute atomic E-state index is 12.2. The Bertz CT molecular complexity index is 874. The number of hydrogen-bond donors (Lipinski definition) is 2. The van der Waals surface area contributed by atoms with Gasteiger partial charge in [0.2, 0.25) is 5.91 Å². The van der Waals surface area contributed by atoms with E-state index in [9.17, 15) is 18.0 Å². The molecule has 0 aliphatic rings. The van der Waals surface area contributed by atoms with Gasteiger partial charge in [-0.2, -0.15) is 0 Å². The Hall–Kier alpha value is -2.23. The Kier molecular flexibility index (Phi) is 6.29. The highest BCUT2D eigenvalue weighted by Gasteiger charge is 2.18. The van der Waals surface area contributed by atoms with Crippen molar-refractivity contribution in [1.29, 1.82) is 0 Å². The minimum Gasteiger partial charge on any atom is -0.465 e. The zero-order valence-corrected chi connectivity index (χ0v) is 15.4. The molecule has 0 bridgehead atoms. The Morgan fingerprint density at radius 3 is 2.60 bits per heavy atom. The van der Waals surface area contributed by atoms with Gasteiger partial charge in [0, 0.05) is 10.6 Å². The van der Waals surface area contributed by atoms with E-state index in [0.29, 0.717) is 5.69 Å². The molecule has 1 aromatic heterocycles. The van der Waals surface area contributed by atoms with Crippen molar-refractivity contribution in [2.24, 2.45) is 0 Å². The van der Waals surface area contributed by atoms with Crippen LogP contribution in [0.4, 0.5) is 5.69 Å². The fourth-order valence-electron chi connectivity index (χ4n) is 1.97. The molecule has 1 aromatic carbocycles. The predicted octanol–water partition coefficient (Wildman–Crippen LogP) is 2.01. The van der Waals surface area contributed by atoms with Crippen molar-refractivity contribution in [1.82, 2.24) is 4.72 Å². The zero-order valence-electron chi connectivity index (χ0n) is 13.7. The van der Waals surface area contributed by atoms with E-state index < -0.39 is 28.4 Å². The van der Waals surface area contributed by atoms with Crippen LogP contribution in [-0.2, 0) is 26.0 Å². The number of ether oxygens (including phenoxy) is 1. The van der Waals surface area contributed by atoms with Gasteiger partial charge in [-0.1, -0.05) is 13.0 Å². The number of carbonyl (C=O) groups is 2. The number of hydrogen-bond acceptors (Lipinski definition) is 6. The summed E-state index contributed by atoms with van der Waals surface area (Å²) in [5.74, 6) is -1.07. The maximum Gasteiger partial charge on any atom is 0.337 e. The second-order valence-corrected chi connectivity index (χ2v) is 8.18. The number of carbonyl (C=O) groups excluding carboxylic acids is 2. The normalized spacial score (nSPS) is 11.1. The quantitative estimate of drug-likeness (QED) is 0.714. The SMILES string of the molecule is CCc1ccc(S(=O)(=O)NCC(=O)Nc2cccc(C(=O)OC)c2)s1.